The number of aromatic amines is 2. The Morgan fingerprint density at radius 3 is 1.90 bits per heavy atom. The Labute approximate surface area is 338 Å². The van der Waals surface area contributed by atoms with Crippen molar-refractivity contribution in [3.8, 4) is 0 Å². The van der Waals surface area contributed by atoms with Crippen molar-refractivity contribution >= 4 is 24.8 Å². The zero-order valence-electron chi connectivity index (χ0n) is 31.5. The van der Waals surface area contributed by atoms with E-state index in [1.54, 1.807) is 0 Å². The SMILES string of the molecule is COC[C@H]1O[C@@H](n2ccc(=O)[nH]c2=O)[C@H](O)[C@]1(O)OP(=O)(OC(O)[C@H]1O[C@@H](n2cnc3c(N)ncnc32)[C@@H]2OCO[C@@H]21)O[C@]1(O)[C@@H](COC)O[C@@H](n2ccc(=O)[nH]c2=O)[C@@H]1O. The summed E-state index contributed by atoms with van der Waals surface area (Å²) in [5.74, 6) is -6.66. The molecular weight excluding hydrogens is 849 g/mol. The highest BCUT2D eigenvalue weighted by Crippen LogP contribution is 2.61. The molecule has 332 valence electrons. The second kappa shape index (κ2) is 16.2. The van der Waals surface area contributed by atoms with Crippen molar-refractivity contribution in [3.05, 3.63) is 78.9 Å². The molecule has 0 spiro atoms. The van der Waals surface area contributed by atoms with E-state index in [4.69, 9.17) is 52.5 Å². The molecule has 0 saturated carbocycles. The maximum Gasteiger partial charge on any atom is 0.482 e. The van der Waals surface area contributed by atoms with Gasteiger partial charge in [0.05, 0.1) is 19.5 Å². The minimum Gasteiger partial charge on any atom is -0.383 e. The van der Waals surface area contributed by atoms with E-state index in [0.717, 1.165) is 45.1 Å². The highest BCUT2D eigenvalue weighted by atomic mass is 31.2. The summed E-state index contributed by atoms with van der Waals surface area (Å²) in [5.41, 5.74) is 2.39. The van der Waals surface area contributed by atoms with E-state index < -0.39 is 123 Å². The van der Waals surface area contributed by atoms with E-state index in [9.17, 15) is 44.7 Å². The first-order valence-corrected chi connectivity index (χ1v) is 19.4. The molecule has 4 aromatic rings. The number of hydrogen-bond donors (Lipinski definition) is 8. The lowest BCUT2D eigenvalue weighted by Crippen LogP contribution is -2.54. The fourth-order valence-corrected chi connectivity index (χ4v) is 9.03. The molecule has 8 rings (SSSR count). The number of aliphatic hydroxyl groups is 5. The van der Waals surface area contributed by atoms with Crippen molar-refractivity contribution in [2.24, 2.45) is 0 Å². The fraction of sp³-hybridized carbons (Fsp3) is 0.581. The first kappa shape index (κ1) is 43.0. The standard InChI is InChI=1S/C31H38N9O20P/c1-51-7-12-30(48,20(43)25(55-12)38-5-3-14(41)36-28(38)46)59-61(50,60-31(49)13(8-52-2)56-26(21(31)44)39-6-4-15(42)37-29(39)47)58-27(45)19-17-18(54-11-53-17)24(57-19)40-10-35-16-22(32)33-9-34-23(16)40/h3-6,9-10,12-13,17-21,24-27,43-45,48-49H,7-8,11H2,1-2H3,(H2,32,33,34)(H,36,41,46)(H,37,42,47)/t12-,13-,17+,18-,19+,20+,21+,24-,25-,26-,27?,30-,31-/m1/s1. The first-order valence-electron chi connectivity index (χ1n) is 17.9. The van der Waals surface area contributed by atoms with E-state index in [-0.39, 0.29) is 23.8 Å². The minimum atomic E-state index is -6.06. The molecule has 9 N–H and O–H groups in total. The van der Waals surface area contributed by atoms with Crippen molar-refractivity contribution in [3.63, 3.8) is 0 Å². The van der Waals surface area contributed by atoms with Crippen LogP contribution in [0, 0.1) is 0 Å². The van der Waals surface area contributed by atoms with Crippen LogP contribution in [0.25, 0.3) is 11.2 Å². The third kappa shape index (κ3) is 7.45. The molecule has 0 amide bonds. The lowest BCUT2D eigenvalue weighted by atomic mass is 10.1. The summed E-state index contributed by atoms with van der Waals surface area (Å²) in [6.07, 6.45) is -16.0. The number of nitrogens with zero attached hydrogens (tertiary/aromatic N) is 6. The smallest absolute Gasteiger partial charge is 0.383 e. The Morgan fingerprint density at radius 2 is 1.38 bits per heavy atom. The number of phosphoric acid groups is 1. The minimum absolute atomic E-state index is 0.0305. The average Bonchev–Trinajstić information content (AvgIpc) is 4.01. The van der Waals surface area contributed by atoms with Gasteiger partial charge in [-0.15, -0.1) is 0 Å². The van der Waals surface area contributed by atoms with Gasteiger partial charge in [-0.25, -0.2) is 38.2 Å². The van der Waals surface area contributed by atoms with Crippen LogP contribution in [-0.4, -0.2) is 159 Å². The van der Waals surface area contributed by atoms with Crippen molar-refractivity contribution in [1.82, 2.24) is 38.6 Å². The van der Waals surface area contributed by atoms with Crippen LogP contribution in [0.15, 0.2) is 56.4 Å². The van der Waals surface area contributed by atoms with Crippen molar-refractivity contribution in [2.75, 3.05) is 40.0 Å². The number of imidazole rings is 1. The molecule has 0 aromatic carbocycles. The number of ether oxygens (including phenoxy) is 7. The van der Waals surface area contributed by atoms with E-state index in [1.165, 1.54) is 10.9 Å². The summed E-state index contributed by atoms with van der Waals surface area (Å²) >= 11 is 0. The van der Waals surface area contributed by atoms with E-state index in [1.807, 2.05) is 9.97 Å². The molecule has 13 atom stereocenters. The van der Waals surface area contributed by atoms with Gasteiger partial charge in [-0.3, -0.25) is 37.8 Å². The van der Waals surface area contributed by atoms with Crippen LogP contribution < -0.4 is 28.2 Å². The number of rotatable bonds is 14. The molecule has 4 aliphatic rings. The Balaban J connectivity index is 1.17. The number of fused-ring (bicyclic) bond motifs is 2. The molecule has 4 aliphatic heterocycles. The molecule has 4 fully saturated rings. The van der Waals surface area contributed by atoms with E-state index in [2.05, 4.69) is 15.0 Å². The monoisotopic (exact) mass is 887 g/mol. The van der Waals surface area contributed by atoms with Crippen LogP contribution in [-0.2, 0) is 51.3 Å². The number of nitrogens with one attached hydrogen (secondary N) is 2. The number of H-pyrrole nitrogens is 2. The summed E-state index contributed by atoms with van der Waals surface area (Å²) in [4.78, 5) is 65.3. The molecule has 8 heterocycles. The maximum absolute atomic E-state index is 15.3. The predicted molar refractivity (Wildman–Crippen MR) is 191 cm³/mol. The molecule has 0 radical (unpaired) electrons. The Kier molecular flexibility index (Phi) is 11.4. The van der Waals surface area contributed by atoms with Gasteiger partial charge in [-0.2, -0.15) is 0 Å². The van der Waals surface area contributed by atoms with Crippen LogP contribution in [0.1, 0.15) is 18.7 Å². The van der Waals surface area contributed by atoms with E-state index >= 15 is 4.57 Å². The number of hydrogen-bond acceptors (Lipinski definition) is 24. The zero-order valence-corrected chi connectivity index (χ0v) is 32.4. The summed E-state index contributed by atoms with van der Waals surface area (Å²) in [7, 11) is -3.79. The molecule has 30 heteroatoms. The Bertz CT molecular complexity index is 2440. The summed E-state index contributed by atoms with van der Waals surface area (Å²) in [6.45, 7) is -1.70. The molecule has 4 saturated heterocycles. The summed E-state index contributed by atoms with van der Waals surface area (Å²) in [6, 6.07) is 1.77. The Morgan fingerprint density at radius 1 is 0.836 bits per heavy atom. The maximum atomic E-state index is 15.3. The van der Waals surface area contributed by atoms with Crippen LogP contribution in [0.2, 0.25) is 0 Å². The highest BCUT2D eigenvalue weighted by molar-refractivity contribution is 7.48. The second-order valence-corrected chi connectivity index (χ2v) is 15.4. The number of phosphoric ester groups is 1. The number of aromatic nitrogens is 8. The van der Waals surface area contributed by atoms with Crippen LogP contribution in [0.5, 0.6) is 0 Å². The van der Waals surface area contributed by atoms with Crippen LogP contribution >= 0.6 is 7.82 Å². The highest BCUT2D eigenvalue weighted by Gasteiger charge is 2.67. The number of aliphatic hydroxyl groups excluding tert-OH is 3. The molecule has 61 heavy (non-hydrogen) atoms. The fourth-order valence-electron chi connectivity index (χ4n) is 7.36. The summed E-state index contributed by atoms with van der Waals surface area (Å²) < 4.78 is 73.7. The first-order chi connectivity index (χ1) is 29.0. The topological polar surface area (TPSA) is 390 Å². The van der Waals surface area contributed by atoms with E-state index in [0.29, 0.717) is 9.13 Å². The van der Waals surface area contributed by atoms with Crippen LogP contribution in [0.3, 0.4) is 0 Å². The van der Waals surface area contributed by atoms with Crippen molar-refractivity contribution < 1.29 is 76.8 Å². The summed E-state index contributed by atoms with van der Waals surface area (Å²) in [5, 5.41) is 59.1. The van der Waals surface area contributed by atoms with Gasteiger partial charge in [0, 0.05) is 38.7 Å². The van der Waals surface area contributed by atoms with Gasteiger partial charge in [-0.1, -0.05) is 0 Å². The van der Waals surface area contributed by atoms with Crippen molar-refractivity contribution in [1.29, 1.82) is 0 Å². The number of nitrogens with two attached hydrogens (primary N) is 1. The number of anilines is 1. The molecule has 1 unspecified atom stereocenters. The van der Waals surface area contributed by atoms with Gasteiger partial charge in [0.15, 0.2) is 48.6 Å². The third-order valence-corrected chi connectivity index (χ3v) is 11.8. The van der Waals surface area contributed by atoms with Crippen LogP contribution in [0.4, 0.5) is 5.82 Å². The quantitative estimate of drug-likeness (QED) is 0.0433. The molecular formula is C31H38N9O20P. The molecule has 0 aliphatic carbocycles. The van der Waals surface area contributed by atoms with Gasteiger partial charge < -0.3 is 64.4 Å². The second-order valence-electron chi connectivity index (χ2n) is 13.9. The number of methoxy groups -OCH3 is 2. The number of nitrogen functional groups attached to an aromatic ring is 1. The Hall–Kier alpha value is -4.66. The van der Waals surface area contributed by atoms with Gasteiger partial charge in [0.25, 0.3) is 11.1 Å². The molecule has 0 bridgehead atoms. The zero-order chi connectivity index (χ0) is 43.6. The van der Waals surface area contributed by atoms with Gasteiger partial charge >= 0.3 is 19.2 Å². The lowest BCUT2D eigenvalue weighted by molar-refractivity contribution is -0.269. The van der Waals surface area contributed by atoms with Gasteiger partial charge in [0.2, 0.25) is 11.6 Å². The van der Waals surface area contributed by atoms with Crippen molar-refractivity contribution in [2.45, 2.75) is 79.3 Å². The normalized spacial score (nSPS) is 34.3. The predicted octanol–water partition coefficient (Wildman–Crippen LogP) is -5.19. The molecule has 4 aromatic heterocycles. The largest absolute Gasteiger partial charge is 0.482 e. The third-order valence-electron chi connectivity index (χ3n) is 10.2. The van der Waals surface area contributed by atoms with Gasteiger partial charge in [0.1, 0.15) is 49.2 Å². The molecule has 29 nitrogen and oxygen atoms in total. The average molecular weight is 888 g/mol. The van der Waals surface area contributed by atoms with Gasteiger partial charge in [-0.05, 0) is 0 Å². The lowest BCUT2D eigenvalue weighted by Gasteiger charge is -2.38.